The Morgan fingerprint density at radius 3 is 2.41 bits per heavy atom. The first-order valence-electron chi connectivity index (χ1n) is 5.16. The largest absolute Gasteiger partial charge is 0.481 e. The van der Waals surface area contributed by atoms with E-state index in [1.54, 1.807) is 6.92 Å². The maximum absolute atomic E-state index is 11.9. The van der Waals surface area contributed by atoms with E-state index in [9.17, 15) is 13.2 Å². The number of rotatable bonds is 8. The zero-order valence-corrected chi connectivity index (χ0v) is 10.8. The molecule has 0 aliphatic carbocycles. The van der Waals surface area contributed by atoms with Crippen molar-refractivity contribution in [1.29, 1.82) is 5.26 Å². The fourth-order valence-electron chi connectivity index (χ4n) is 1.18. The molecule has 0 radical (unpaired) electrons. The van der Waals surface area contributed by atoms with Gasteiger partial charge in [0.15, 0.2) is 0 Å². The number of nitrogens with zero attached hydrogens (tertiary/aromatic N) is 3. The molecule has 0 aromatic carbocycles. The smallest absolute Gasteiger partial charge is 0.304 e. The molecule has 17 heavy (non-hydrogen) atoms. The SMILES string of the molecule is CCN(CCC#N)S(=O)(=O)N(C)CCC(=O)O. The summed E-state index contributed by atoms with van der Waals surface area (Å²) in [5.74, 6) is -1.05. The quantitative estimate of drug-likeness (QED) is 0.657. The summed E-state index contributed by atoms with van der Waals surface area (Å²) in [5, 5.41) is 16.9. The topological polar surface area (TPSA) is 102 Å². The van der Waals surface area contributed by atoms with Crippen molar-refractivity contribution in [3.63, 3.8) is 0 Å². The number of aliphatic carboxylic acids is 1. The molecule has 0 saturated carbocycles. The van der Waals surface area contributed by atoms with E-state index in [1.807, 2.05) is 6.07 Å². The molecular weight excluding hydrogens is 246 g/mol. The fourth-order valence-corrected chi connectivity index (χ4v) is 2.54. The minimum atomic E-state index is -3.67. The molecule has 1 N–H and O–H groups in total. The molecule has 7 nitrogen and oxygen atoms in total. The number of nitriles is 1. The van der Waals surface area contributed by atoms with Gasteiger partial charge >= 0.3 is 5.97 Å². The molecular formula is C9H17N3O4S. The lowest BCUT2D eigenvalue weighted by Gasteiger charge is -2.25. The molecule has 0 atom stereocenters. The predicted octanol–water partition coefficient (Wildman–Crippen LogP) is -0.127. The summed E-state index contributed by atoms with van der Waals surface area (Å²) in [4.78, 5) is 10.4. The highest BCUT2D eigenvalue weighted by Gasteiger charge is 2.25. The molecule has 0 aliphatic heterocycles. The molecule has 0 aliphatic rings. The van der Waals surface area contributed by atoms with Crippen molar-refractivity contribution >= 4 is 16.2 Å². The van der Waals surface area contributed by atoms with Crippen molar-refractivity contribution in [3.8, 4) is 6.07 Å². The van der Waals surface area contributed by atoms with Crippen molar-refractivity contribution in [3.05, 3.63) is 0 Å². The minimum absolute atomic E-state index is 0.0826. The Labute approximate surface area is 101 Å². The van der Waals surface area contributed by atoms with Gasteiger partial charge in [-0.2, -0.15) is 22.3 Å². The van der Waals surface area contributed by atoms with Gasteiger partial charge in [-0.05, 0) is 0 Å². The number of hydrogen-bond acceptors (Lipinski definition) is 4. The summed E-state index contributed by atoms with van der Waals surface area (Å²) in [6, 6.07) is 1.87. The zero-order chi connectivity index (χ0) is 13.5. The van der Waals surface area contributed by atoms with Gasteiger partial charge in [-0.1, -0.05) is 6.92 Å². The average molecular weight is 263 g/mol. The van der Waals surface area contributed by atoms with Crippen molar-refractivity contribution in [2.75, 3.05) is 26.7 Å². The Morgan fingerprint density at radius 2 is 2.00 bits per heavy atom. The van der Waals surface area contributed by atoms with Gasteiger partial charge in [-0.3, -0.25) is 4.79 Å². The number of carboxylic acid groups (broad SMARTS) is 1. The second-order valence-electron chi connectivity index (χ2n) is 3.37. The van der Waals surface area contributed by atoms with E-state index >= 15 is 0 Å². The van der Waals surface area contributed by atoms with E-state index < -0.39 is 16.2 Å². The zero-order valence-electron chi connectivity index (χ0n) is 9.96. The van der Waals surface area contributed by atoms with Crippen molar-refractivity contribution in [2.24, 2.45) is 0 Å². The Hall–Kier alpha value is -1.17. The van der Waals surface area contributed by atoms with Gasteiger partial charge in [-0.25, -0.2) is 0 Å². The molecule has 0 heterocycles. The summed E-state index contributed by atoms with van der Waals surface area (Å²) >= 11 is 0. The van der Waals surface area contributed by atoms with Crippen LogP contribution in [0.4, 0.5) is 0 Å². The van der Waals surface area contributed by atoms with Gasteiger partial charge in [0.2, 0.25) is 0 Å². The van der Waals surface area contributed by atoms with Crippen LogP contribution in [0.5, 0.6) is 0 Å². The second kappa shape index (κ2) is 7.21. The van der Waals surface area contributed by atoms with Crippen LogP contribution in [0.15, 0.2) is 0 Å². The van der Waals surface area contributed by atoms with Crippen molar-refractivity contribution in [1.82, 2.24) is 8.61 Å². The van der Waals surface area contributed by atoms with Crippen LogP contribution >= 0.6 is 0 Å². The molecule has 0 saturated heterocycles. The Morgan fingerprint density at radius 1 is 1.41 bits per heavy atom. The first-order chi connectivity index (χ1) is 7.86. The van der Waals surface area contributed by atoms with E-state index in [2.05, 4.69) is 0 Å². The molecule has 0 rings (SSSR count). The van der Waals surface area contributed by atoms with E-state index in [4.69, 9.17) is 10.4 Å². The third-order valence-corrected chi connectivity index (χ3v) is 4.25. The van der Waals surface area contributed by atoms with Gasteiger partial charge in [0, 0.05) is 33.1 Å². The van der Waals surface area contributed by atoms with E-state index in [0.717, 1.165) is 8.61 Å². The first-order valence-corrected chi connectivity index (χ1v) is 6.56. The molecule has 0 amide bonds. The summed E-state index contributed by atoms with van der Waals surface area (Å²) in [7, 11) is -2.34. The molecule has 0 unspecified atom stereocenters. The molecule has 98 valence electrons. The van der Waals surface area contributed by atoms with Crippen LogP contribution in [0.1, 0.15) is 19.8 Å². The Bertz CT molecular complexity index is 388. The van der Waals surface area contributed by atoms with E-state index in [0.29, 0.717) is 0 Å². The van der Waals surface area contributed by atoms with Crippen LogP contribution in [-0.4, -0.2) is 54.8 Å². The van der Waals surface area contributed by atoms with Crippen LogP contribution in [0.3, 0.4) is 0 Å². The Balaban J connectivity index is 4.61. The maximum atomic E-state index is 11.9. The monoisotopic (exact) mass is 263 g/mol. The maximum Gasteiger partial charge on any atom is 0.304 e. The predicted molar refractivity (Wildman–Crippen MR) is 61.3 cm³/mol. The van der Waals surface area contributed by atoms with Crippen LogP contribution in [0, 0.1) is 11.3 Å². The summed E-state index contributed by atoms with van der Waals surface area (Å²) in [6.45, 7) is 1.95. The standard InChI is InChI=1S/C9H17N3O4S/c1-3-12(7-4-6-10)17(15,16)11(2)8-5-9(13)14/h3-5,7-8H2,1-2H3,(H,13,14). The van der Waals surface area contributed by atoms with Gasteiger partial charge in [0.25, 0.3) is 10.2 Å². The fraction of sp³-hybridized carbons (Fsp3) is 0.778. The van der Waals surface area contributed by atoms with Crippen LogP contribution in [0.2, 0.25) is 0 Å². The van der Waals surface area contributed by atoms with Crippen LogP contribution in [0.25, 0.3) is 0 Å². The highest BCUT2D eigenvalue weighted by Crippen LogP contribution is 2.07. The van der Waals surface area contributed by atoms with Crippen molar-refractivity contribution < 1.29 is 18.3 Å². The summed E-state index contributed by atoms with van der Waals surface area (Å²) < 4.78 is 26.0. The first kappa shape index (κ1) is 15.8. The molecule has 0 aromatic rings. The lowest BCUT2D eigenvalue weighted by atomic mass is 10.4. The van der Waals surface area contributed by atoms with Gasteiger partial charge in [0.1, 0.15) is 0 Å². The molecule has 0 spiro atoms. The summed E-state index contributed by atoms with van der Waals surface area (Å²) in [6.07, 6.45) is -0.134. The van der Waals surface area contributed by atoms with Crippen LogP contribution < -0.4 is 0 Å². The average Bonchev–Trinajstić information content (AvgIpc) is 2.26. The summed E-state index contributed by atoms with van der Waals surface area (Å²) in [5.41, 5.74) is 0. The van der Waals surface area contributed by atoms with E-state index in [1.165, 1.54) is 7.05 Å². The number of carboxylic acids is 1. The highest BCUT2D eigenvalue weighted by atomic mass is 32.2. The number of hydrogen-bond donors (Lipinski definition) is 1. The second-order valence-corrected chi connectivity index (χ2v) is 5.41. The van der Waals surface area contributed by atoms with Crippen LogP contribution in [-0.2, 0) is 15.0 Å². The highest BCUT2D eigenvalue weighted by molar-refractivity contribution is 7.86. The normalized spacial score (nSPS) is 11.7. The number of carbonyl (C=O) groups is 1. The molecule has 0 bridgehead atoms. The molecule has 0 fully saturated rings. The molecule has 8 heteroatoms. The van der Waals surface area contributed by atoms with Gasteiger partial charge < -0.3 is 5.11 Å². The third-order valence-electron chi connectivity index (χ3n) is 2.19. The van der Waals surface area contributed by atoms with Gasteiger partial charge in [0.05, 0.1) is 12.5 Å². The molecule has 0 aromatic heterocycles. The van der Waals surface area contributed by atoms with Crippen molar-refractivity contribution in [2.45, 2.75) is 19.8 Å². The Kier molecular flexibility index (Phi) is 6.72. The van der Waals surface area contributed by atoms with Gasteiger partial charge in [-0.15, -0.1) is 0 Å². The van der Waals surface area contributed by atoms with E-state index in [-0.39, 0.29) is 32.5 Å². The lowest BCUT2D eigenvalue weighted by molar-refractivity contribution is -0.137. The third kappa shape index (κ3) is 5.12. The minimum Gasteiger partial charge on any atom is -0.481 e. The lowest BCUT2D eigenvalue weighted by Crippen LogP contribution is -2.42.